The molecule has 0 aliphatic rings. The molecule has 2 rings (SSSR count). The summed E-state index contributed by atoms with van der Waals surface area (Å²) in [4.78, 5) is 26.4. The Morgan fingerprint density at radius 2 is 2.25 bits per heavy atom. The second kappa shape index (κ2) is 5.72. The van der Waals surface area contributed by atoms with Crippen LogP contribution in [0.5, 0.6) is 0 Å². The van der Waals surface area contributed by atoms with E-state index in [2.05, 4.69) is 20.9 Å². The van der Waals surface area contributed by atoms with Crippen molar-refractivity contribution >= 4 is 33.2 Å². The van der Waals surface area contributed by atoms with Crippen LogP contribution in [0.25, 0.3) is 0 Å². The summed E-state index contributed by atoms with van der Waals surface area (Å²) in [5.74, 6) is 0. The maximum atomic E-state index is 12.1. The van der Waals surface area contributed by atoms with Crippen LogP contribution < -0.4 is 5.56 Å². The SMILES string of the molecule is Cc1c([N+](=O)[O-])cn(Cc2ccnc(Cl)c2)c(=O)c1Br. The minimum absolute atomic E-state index is 0.114. The van der Waals surface area contributed by atoms with Crippen molar-refractivity contribution in [3.63, 3.8) is 0 Å². The fourth-order valence-electron chi connectivity index (χ4n) is 1.74. The lowest BCUT2D eigenvalue weighted by Gasteiger charge is -2.08. The lowest BCUT2D eigenvalue weighted by atomic mass is 10.2. The molecule has 0 aliphatic carbocycles. The van der Waals surface area contributed by atoms with Crippen LogP contribution in [0, 0.1) is 17.0 Å². The monoisotopic (exact) mass is 357 g/mol. The molecule has 0 bridgehead atoms. The van der Waals surface area contributed by atoms with Crippen LogP contribution in [0.1, 0.15) is 11.1 Å². The van der Waals surface area contributed by atoms with Crippen LogP contribution in [0.15, 0.2) is 33.8 Å². The van der Waals surface area contributed by atoms with Crippen molar-refractivity contribution in [3.8, 4) is 0 Å². The summed E-state index contributed by atoms with van der Waals surface area (Å²) in [6.45, 7) is 1.71. The van der Waals surface area contributed by atoms with Crippen molar-refractivity contribution in [1.82, 2.24) is 9.55 Å². The molecular formula is C12H9BrClN3O3. The molecule has 2 aromatic heterocycles. The Labute approximate surface area is 127 Å². The minimum atomic E-state index is -0.518. The summed E-state index contributed by atoms with van der Waals surface area (Å²) in [7, 11) is 0. The maximum Gasteiger partial charge on any atom is 0.289 e. The average molecular weight is 359 g/mol. The van der Waals surface area contributed by atoms with E-state index in [0.717, 1.165) is 5.56 Å². The van der Waals surface area contributed by atoms with Gasteiger partial charge in [0.05, 0.1) is 22.1 Å². The smallest absolute Gasteiger partial charge is 0.289 e. The lowest BCUT2D eigenvalue weighted by molar-refractivity contribution is -0.386. The average Bonchev–Trinajstić information content (AvgIpc) is 2.39. The Bertz CT molecular complexity index is 745. The molecule has 0 unspecified atom stereocenters. The first-order valence-electron chi connectivity index (χ1n) is 5.54. The molecule has 0 fully saturated rings. The largest absolute Gasteiger partial charge is 0.303 e. The molecule has 0 saturated heterocycles. The van der Waals surface area contributed by atoms with Gasteiger partial charge in [-0.3, -0.25) is 14.9 Å². The third-order valence-electron chi connectivity index (χ3n) is 2.78. The first kappa shape index (κ1) is 14.7. The van der Waals surface area contributed by atoms with E-state index >= 15 is 0 Å². The summed E-state index contributed by atoms with van der Waals surface area (Å²) in [6.07, 6.45) is 2.75. The zero-order valence-corrected chi connectivity index (χ0v) is 12.7. The van der Waals surface area contributed by atoms with Crippen LogP contribution in [0.3, 0.4) is 0 Å². The maximum absolute atomic E-state index is 12.1. The highest BCUT2D eigenvalue weighted by atomic mass is 79.9. The number of hydrogen-bond acceptors (Lipinski definition) is 4. The van der Waals surface area contributed by atoms with Gasteiger partial charge in [-0.15, -0.1) is 0 Å². The third-order valence-corrected chi connectivity index (χ3v) is 3.92. The van der Waals surface area contributed by atoms with Gasteiger partial charge in [0, 0.05) is 11.8 Å². The number of hydrogen-bond donors (Lipinski definition) is 0. The third kappa shape index (κ3) is 2.88. The van der Waals surface area contributed by atoms with Crippen molar-refractivity contribution < 1.29 is 4.92 Å². The van der Waals surface area contributed by atoms with E-state index in [1.54, 1.807) is 12.1 Å². The highest BCUT2D eigenvalue weighted by Crippen LogP contribution is 2.22. The molecule has 0 aliphatic heterocycles. The van der Waals surface area contributed by atoms with Crippen LogP contribution in [-0.2, 0) is 6.54 Å². The number of nitrogens with zero attached hydrogens (tertiary/aromatic N) is 3. The molecule has 6 nitrogen and oxygen atoms in total. The number of pyridine rings is 2. The first-order chi connectivity index (χ1) is 9.40. The summed E-state index contributed by atoms with van der Waals surface area (Å²) in [6, 6.07) is 3.30. The molecule has 0 radical (unpaired) electrons. The number of aromatic nitrogens is 2. The van der Waals surface area contributed by atoms with Gasteiger partial charge in [-0.2, -0.15) is 0 Å². The van der Waals surface area contributed by atoms with Gasteiger partial charge in [-0.1, -0.05) is 11.6 Å². The molecule has 104 valence electrons. The fourth-order valence-corrected chi connectivity index (χ4v) is 2.37. The topological polar surface area (TPSA) is 78.0 Å². The number of halogens is 2. The molecule has 0 aromatic carbocycles. The van der Waals surface area contributed by atoms with Gasteiger partial charge in [0.1, 0.15) is 5.15 Å². The Balaban J connectivity index is 2.52. The molecule has 0 saturated carbocycles. The Kier molecular flexibility index (Phi) is 4.20. The van der Waals surface area contributed by atoms with Gasteiger partial charge in [0.15, 0.2) is 0 Å². The van der Waals surface area contributed by atoms with Gasteiger partial charge in [-0.05, 0) is 40.5 Å². The van der Waals surface area contributed by atoms with Crippen LogP contribution in [0.4, 0.5) is 5.69 Å². The zero-order chi connectivity index (χ0) is 14.9. The molecule has 0 amide bonds. The normalized spacial score (nSPS) is 10.6. The summed E-state index contributed by atoms with van der Waals surface area (Å²) >= 11 is 8.87. The van der Waals surface area contributed by atoms with E-state index in [1.807, 2.05) is 0 Å². The zero-order valence-electron chi connectivity index (χ0n) is 10.3. The van der Waals surface area contributed by atoms with E-state index in [1.165, 1.54) is 23.9 Å². The Hall–Kier alpha value is -1.73. The minimum Gasteiger partial charge on any atom is -0.303 e. The van der Waals surface area contributed by atoms with Crippen LogP contribution in [-0.4, -0.2) is 14.5 Å². The predicted octanol–water partition coefficient (Wildman–Crippen LogP) is 2.92. The van der Waals surface area contributed by atoms with E-state index in [9.17, 15) is 14.9 Å². The van der Waals surface area contributed by atoms with Crippen molar-refractivity contribution in [1.29, 1.82) is 0 Å². The van der Waals surface area contributed by atoms with Gasteiger partial charge in [0.25, 0.3) is 11.2 Å². The summed E-state index contributed by atoms with van der Waals surface area (Å²) in [5, 5.41) is 11.3. The molecule has 2 aromatic rings. The molecule has 20 heavy (non-hydrogen) atoms. The molecule has 0 atom stereocenters. The van der Waals surface area contributed by atoms with Crippen LogP contribution >= 0.6 is 27.5 Å². The second-order valence-electron chi connectivity index (χ2n) is 4.13. The Morgan fingerprint density at radius 3 is 2.85 bits per heavy atom. The molecular weight excluding hydrogens is 350 g/mol. The first-order valence-corrected chi connectivity index (χ1v) is 6.71. The van der Waals surface area contributed by atoms with E-state index in [0.29, 0.717) is 10.7 Å². The summed E-state index contributed by atoms with van der Waals surface area (Å²) in [5.41, 5.74) is 0.596. The standard InChI is InChI=1S/C12H9BrClN3O3/c1-7-9(17(19)20)6-16(12(18)11(7)13)5-8-2-3-15-10(14)4-8/h2-4,6H,5H2,1H3. The number of rotatable bonds is 3. The predicted molar refractivity (Wildman–Crippen MR) is 78.1 cm³/mol. The van der Waals surface area contributed by atoms with E-state index in [4.69, 9.17) is 11.6 Å². The van der Waals surface area contributed by atoms with Gasteiger partial charge in [-0.25, -0.2) is 4.98 Å². The Morgan fingerprint density at radius 1 is 1.55 bits per heavy atom. The van der Waals surface area contributed by atoms with Crippen molar-refractivity contribution in [2.75, 3.05) is 0 Å². The van der Waals surface area contributed by atoms with Crippen molar-refractivity contribution in [2.45, 2.75) is 13.5 Å². The quantitative estimate of drug-likeness (QED) is 0.480. The molecule has 8 heteroatoms. The summed E-state index contributed by atoms with van der Waals surface area (Å²) < 4.78 is 1.45. The number of nitro groups is 1. The van der Waals surface area contributed by atoms with Gasteiger partial charge in [0.2, 0.25) is 0 Å². The lowest BCUT2D eigenvalue weighted by Crippen LogP contribution is -2.22. The highest BCUT2D eigenvalue weighted by Gasteiger charge is 2.18. The molecule has 0 N–H and O–H groups in total. The van der Waals surface area contributed by atoms with E-state index < -0.39 is 4.92 Å². The molecule has 0 spiro atoms. The van der Waals surface area contributed by atoms with Gasteiger partial charge < -0.3 is 4.57 Å². The van der Waals surface area contributed by atoms with Crippen LogP contribution in [0.2, 0.25) is 5.15 Å². The van der Waals surface area contributed by atoms with Crippen molar-refractivity contribution in [3.05, 3.63) is 65.7 Å². The van der Waals surface area contributed by atoms with Gasteiger partial charge >= 0.3 is 0 Å². The highest BCUT2D eigenvalue weighted by molar-refractivity contribution is 9.10. The van der Waals surface area contributed by atoms with E-state index in [-0.39, 0.29) is 22.3 Å². The second-order valence-corrected chi connectivity index (χ2v) is 5.31. The van der Waals surface area contributed by atoms with Crippen molar-refractivity contribution in [2.24, 2.45) is 0 Å². The fraction of sp³-hybridized carbons (Fsp3) is 0.167. The molecule has 2 heterocycles.